The van der Waals surface area contributed by atoms with Crippen molar-refractivity contribution in [2.45, 2.75) is 4.90 Å². The molecule has 110 valence electrons. The molecule has 0 aliphatic carbocycles. The van der Waals surface area contributed by atoms with E-state index in [4.69, 9.17) is 12.2 Å². The lowest BCUT2D eigenvalue weighted by molar-refractivity contribution is -0.387. The fourth-order valence-electron chi connectivity index (χ4n) is 1.38. The van der Waals surface area contributed by atoms with E-state index in [1.165, 1.54) is 18.2 Å². The summed E-state index contributed by atoms with van der Waals surface area (Å²) in [5.41, 5.74) is 2.16. The molecule has 1 aliphatic heterocycles. The Morgan fingerprint density at radius 3 is 2.81 bits per heavy atom. The molecule has 3 amide bonds. The van der Waals surface area contributed by atoms with Gasteiger partial charge in [0.15, 0.2) is 4.32 Å². The number of benzene rings is 1. The van der Waals surface area contributed by atoms with Crippen LogP contribution in [0.4, 0.5) is 10.5 Å². The van der Waals surface area contributed by atoms with E-state index in [0.29, 0.717) is 0 Å². The maximum absolute atomic E-state index is 11.7. The highest BCUT2D eigenvalue weighted by Crippen LogP contribution is 2.26. The van der Waals surface area contributed by atoms with E-state index in [9.17, 15) is 19.7 Å². The largest absolute Gasteiger partial charge is 0.344 e. The van der Waals surface area contributed by atoms with Gasteiger partial charge in [0.05, 0.1) is 10.7 Å². The summed E-state index contributed by atoms with van der Waals surface area (Å²) >= 11 is 6.82. The van der Waals surface area contributed by atoms with Gasteiger partial charge in [0.2, 0.25) is 0 Å². The first-order valence-electron chi connectivity index (χ1n) is 5.45. The number of thiocarbonyl (C=S) groups is 1. The topological polar surface area (TPSA) is 105 Å². The van der Waals surface area contributed by atoms with Crippen LogP contribution in [0.3, 0.4) is 0 Å². The second kappa shape index (κ2) is 6.74. The second-order valence-electron chi connectivity index (χ2n) is 3.65. The third-order valence-corrected chi connectivity index (χ3v) is 4.49. The summed E-state index contributed by atoms with van der Waals surface area (Å²) in [6.45, 7) is 0. The Labute approximate surface area is 132 Å². The molecule has 1 aromatic carbocycles. The third-order valence-electron chi connectivity index (χ3n) is 2.28. The molecule has 8 nitrogen and oxygen atoms in total. The van der Waals surface area contributed by atoms with Gasteiger partial charge in [0.1, 0.15) is 4.90 Å². The molecule has 1 saturated heterocycles. The molecule has 1 fully saturated rings. The SMILES string of the molecule is O=C(NSc1ccccc1[N+](=O)[O-])NN1C(=O)CSC1=S. The molecule has 0 radical (unpaired) electrons. The average Bonchev–Trinajstić information content (AvgIpc) is 2.77. The van der Waals surface area contributed by atoms with Crippen molar-refractivity contribution in [2.75, 3.05) is 5.75 Å². The van der Waals surface area contributed by atoms with Crippen molar-refractivity contribution in [1.82, 2.24) is 15.2 Å². The van der Waals surface area contributed by atoms with E-state index in [1.54, 1.807) is 6.07 Å². The number of hydrogen-bond acceptors (Lipinski definition) is 7. The van der Waals surface area contributed by atoms with E-state index in [2.05, 4.69) is 10.1 Å². The van der Waals surface area contributed by atoms with Gasteiger partial charge in [0.25, 0.3) is 11.6 Å². The van der Waals surface area contributed by atoms with E-state index < -0.39 is 11.0 Å². The summed E-state index contributed by atoms with van der Waals surface area (Å²) in [6.07, 6.45) is 0. The minimum Gasteiger partial charge on any atom is -0.276 e. The number of hydrogen-bond donors (Lipinski definition) is 2. The fourth-order valence-corrected chi connectivity index (χ4v) is 3.00. The quantitative estimate of drug-likeness (QED) is 0.370. The molecule has 0 bridgehead atoms. The van der Waals surface area contributed by atoms with Gasteiger partial charge in [-0.15, -0.1) is 0 Å². The Morgan fingerprint density at radius 2 is 2.19 bits per heavy atom. The first-order chi connectivity index (χ1) is 9.99. The lowest BCUT2D eigenvalue weighted by atomic mass is 10.3. The van der Waals surface area contributed by atoms with Gasteiger partial charge in [-0.2, -0.15) is 0 Å². The van der Waals surface area contributed by atoms with Gasteiger partial charge in [-0.3, -0.25) is 19.6 Å². The molecule has 0 aromatic heterocycles. The standard InChI is InChI=1S/C10H8N4O4S3/c15-8-5-20-10(19)13(8)11-9(16)12-21-7-4-2-1-3-6(7)14(17)18/h1-4H,5H2,(H2,11,12,16). The van der Waals surface area contributed by atoms with E-state index in [0.717, 1.165) is 28.7 Å². The maximum atomic E-state index is 11.7. The summed E-state index contributed by atoms with van der Waals surface area (Å²) in [5, 5.41) is 11.8. The zero-order valence-corrected chi connectivity index (χ0v) is 12.7. The number of thioether (sulfide) groups is 1. The fraction of sp³-hybridized carbons (Fsp3) is 0.100. The second-order valence-corrected chi connectivity index (χ2v) is 6.11. The van der Waals surface area contributed by atoms with Gasteiger partial charge in [0, 0.05) is 6.07 Å². The van der Waals surface area contributed by atoms with Crippen LogP contribution < -0.4 is 10.1 Å². The number of nitro groups is 1. The number of rotatable bonds is 4. The van der Waals surface area contributed by atoms with Crippen molar-refractivity contribution in [3.63, 3.8) is 0 Å². The molecule has 0 spiro atoms. The maximum Gasteiger partial charge on any atom is 0.344 e. The minimum atomic E-state index is -0.698. The van der Waals surface area contributed by atoms with Crippen molar-refractivity contribution in [2.24, 2.45) is 0 Å². The van der Waals surface area contributed by atoms with Crippen LogP contribution in [0.2, 0.25) is 0 Å². The minimum absolute atomic E-state index is 0.119. The summed E-state index contributed by atoms with van der Waals surface area (Å²) in [6, 6.07) is 5.28. The van der Waals surface area contributed by atoms with Gasteiger partial charge < -0.3 is 0 Å². The number of carbonyl (C=O) groups is 2. The molecule has 2 N–H and O–H groups in total. The number of carbonyl (C=O) groups excluding carboxylic acids is 2. The van der Waals surface area contributed by atoms with Gasteiger partial charge in [-0.25, -0.2) is 15.2 Å². The van der Waals surface area contributed by atoms with Crippen molar-refractivity contribution in [3.05, 3.63) is 34.4 Å². The number of nitrogens with zero attached hydrogens (tertiary/aromatic N) is 2. The molecule has 21 heavy (non-hydrogen) atoms. The molecule has 1 aliphatic rings. The van der Waals surface area contributed by atoms with Crippen LogP contribution in [0.25, 0.3) is 0 Å². The predicted molar refractivity (Wildman–Crippen MR) is 82.5 cm³/mol. The molecule has 1 heterocycles. The molecule has 0 unspecified atom stereocenters. The number of para-hydroxylation sites is 1. The number of amides is 3. The lowest BCUT2D eigenvalue weighted by Gasteiger charge is -2.15. The van der Waals surface area contributed by atoms with Crippen LogP contribution in [-0.2, 0) is 4.79 Å². The van der Waals surface area contributed by atoms with Crippen molar-refractivity contribution >= 4 is 57.9 Å². The summed E-state index contributed by atoms with van der Waals surface area (Å²) in [4.78, 5) is 33.6. The molecule has 1 aromatic rings. The Hall–Kier alpha value is -1.85. The molecule has 2 rings (SSSR count). The molecule has 0 atom stereocenters. The van der Waals surface area contributed by atoms with Gasteiger partial charge in [-0.1, -0.05) is 36.1 Å². The summed E-state index contributed by atoms with van der Waals surface area (Å²) in [7, 11) is 0. The average molecular weight is 344 g/mol. The Kier molecular flexibility index (Phi) is 4.98. The monoisotopic (exact) mass is 344 g/mol. The van der Waals surface area contributed by atoms with E-state index in [1.807, 2.05) is 0 Å². The first kappa shape index (κ1) is 15.5. The van der Waals surface area contributed by atoms with Crippen LogP contribution in [0.5, 0.6) is 0 Å². The number of urea groups is 1. The van der Waals surface area contributed by atoms with Crippen LogP contribution in [0.1, 0.15) is 0 Å². The normalized spacial score (nSPS) is 14.2. The molecule has 0 saturated carbocycles. The zero-order chi connectivity index (χ0) is 15.4. The number of nitrogens with one attached hydrogen (secondary N) is 2. The van der Waals surface area contributed by atoms with Crippen LogP contribution in [-0.4, -0.2) is 31.9 Å². The highest BCUT2D eigenvalue weighted by atomic mass is 32.2. The number of nitro benzene ring substituents is 1. The first-order valence-corrected chi connectivity index (χ1v) is 7.66. The van der Waals surface area contributed by atoms with Crippen LogP contribution in [0.15, 0.2) is 29.2 Å². The highest BCUT2D eigenvalue weighted by molar-refractivity contribution is 8.23. The van der Waals surface area contributed by atoms with E-state index >= 15 is 0 Å². The van der Waals surface area contributed by atoms with Gasteiger partial charge >= 0.3 is 6.03 Å². The Morgan fingerprint density at radius 1 is 1.48 bits per heavy atom. The number of hydrazine groups is 1. The summed E-state index contributed by atoms with van der Waals surface area (Å²) in [5.74, 6) is -0.146. The summed E-state index contributed by atoms with van der Waals surface area (Å²) < 4.78 is 2.62. The van der Waals surface area contributed by atoms with Crippen molar-refractivity contribution < 1.29 is 14.5 Å². The molecular weight excluding hydrogens is 336 g/mol. The molecule has 11 heteroatoms. The van der Waals surface area contributed by atoms with Gasteiger partial charge in [-0.05, 0) is 18.0 Å². The van der Waals surface area contributed by atoms with Crippen LogP contribution >= 0.6 is 35.9 Å². The highest BCUT2D eigenvalue weighted by Gasteiger charge is 2.28. The predicted octanol–water partition coefficient (Wildman–Crippen LogP) is 1.68. The molecular formula is C10H8N4O4S3. The van der Waals surface area contributed by atoms with Crippen molar-refractivity contribution in [1.29, 1.82) is 0 Å². The Bertz CT molecular complexity index is 608. The van der Waals surface area contributed by atoms with Crippen LogP contribution in [0, 0.1) is 10.1 Å². The smallest absolute Gasteiger partial charge is 0.276 e. The van der Waals surface area contributed by atoms with E-state index in [-0.39, 0.29) is 26.6 Å². The third kappa shape index (κ3) is 3.83. The zero-order valence-electron chi connectivity index (χ0n) is 10.3. The Balaban J connectivity index is 1.94. The van der Waals surface area contributed by atoms with Crippen molar-refractivity contribution in [3.8, 4) is 0 Å². The lowest BCUT2D eigenvalue weighted by Crippen LogP contribution is -2.47.